The molecule has 0 saturated heterocycles. The number of carbonyl (C=O) groups excluding carboxylic acids is 2. The predicted molar refractivity (Wildman–Crippen MR) is 97.0 cm³/mol. The van der Waals surface area contributed by atoms with Crippen LogP contribution >= 0.6 is 11.6 Å². The highest BCUT2D eigenvalue weighted by atomic mass is 35.5. The van der Waals surface area contributed by atoms with Crippen molar-refractivity contribution in [1.82, 2.24) is 0 Å². The lowest BCUT2D eigenvalue weighted by Gasteiger charge is -2.14. The minimum absolute atomic E-state index is 0.424. The van der Waals surface area contributed by atoms with Gasteiger partial charge in [0.2, 0.25) is 0 Å². The van der Waals surface area contributed by atoms with E-state index in [1.165, 1.54) is 6.92 Å². The van der Waals surface area contributed by atoms with E-state index in [2.05, 4.69) is 5.32 Å². The summed E-state index contributed by atoms with van der Waals surface area (Å²) in [6, 6.07) is 13.4. The third-order valence-electron chi connectivity index (χ3n) is 3.52. The van der Waals surface area contributed by atoms with Gasteiger partial charge in [0.1, 0.15) is 5.75 Å². The van der Waals surface area contributed by atoms with Gasteiger partial charge in [0.25, 0.3) is 5.91 Å². The number of ether oxygens (including phenoxy) is 2. The molecule has 7 heteroatoms. The molecule has 2 aromatic carbocycles. The molecule has 0 unspecified atom stereocenters. The molecule has 1 amide bonds. The normalized spacial score (nSPS) is 11.2. The Labute approximate surface area is 156 Å². The molecule has 0 saturated carbocycles. The van der Waals surface area contributed by atoms with Gasteiger partial charge in [0.05, 0.1) is 11.6 Å². The first kappa shape index (κ1) is 19.3. The number of amides is 1. The van der Waals surface area contributed by atoms with E-state index in [1.54, 1.807) is 49.4 Å². The van der Waals surface area contributed by atoms with Crippen molar-refractivity contribution in [1.29, 1.82) is 5.26 Å². The fourth-order valence-corrected chi connectivity index (χ4v) is 2.22. The number of nitrogens with one attached hydrogen (secondary N) is 1. The maximum absolute atomic E-state index is 11.9. The molecule has 26 heavy (non-hydrogen) atoms. The summed E-state index contributed by atoms with van der Waals surface area (Å²) in [4.78, 5) is 23.9. The minimum atomic E-state index is -0.899. The summed E-state index contributed by atoms with van der Waals surface area (Å²) in [5.74, 6) is -0.728. The Balaban J connectivity index is 1.84. The van der Waals surface area contributed by atoms with Crippen molar-refractivity contribution in [2.45, 2.75) is 20.0 Å². The summed E-state index contributed by atoms with van der Waals surface area (Å²) in [6.07, 6.45) is -0.899. The van der Waals surface area contributed by atoms with Gasteiger partial charge in [-0.05, 0) is 55.8 Å². The molecule has 6 nitrogen and oxygen atoms in total. The third-order valence-corrected chi connectivity index (χ3v) is 3.92. The van der Waals surface area contributed by atoms with Gasteiger partial charge in [-0.1, -0.05) is 17.7 Å². The van der Waals surface area contributed by atoms with Crippen LogP contribution in [0.2, 0.25) is 5.02 Å². The van der Waals surface area contributed by atoms with Gasteiger partial charge in [0.15, 0.2) is 12.7 Å². The van der Waals surface area contributed by atoms with E-state index in [0.29, 0.717) is 22.0 Å². The highest BCUT2D eigenvalue weighted by Crippen LogP contribution is 2.22. The summed E-state index contributed by atoms with van der Waals surface area (Å²) in [5, 5.41) is 11.9. The Kier molecular flexibility index (Phi) is 6.59. The molecule has 1 atom stereocenters. The van der Waals surface area contributed by atoms with Gasteiger partial charge >= 0.3 is 5.97 Å². The van der Waals surface area contributed by atoms with Crippen LogP contribution < -0.4 is 10.1 Å². The maximum atomic E-state index is 11.9. The predicted octanol–water partition coefficient (Wildman–Crippen LogP) is 3.47. The molecule has 0 aliphatic rings. The van der Waals surface area contributed by atoms with Crippen molar-refractivity contribution >= 4 is 29.2 Å². The zero-order valence-corrected chi connectivity index (χ0v) is 15.0. The van der Waals surface area contributed by atoms with Crippen LogP contribution in [0.15, 0.2) is 42.5 Å². The number of carbonyl (C=O) groups is 2. The Bertz CT molecular complexity index is 844. The van der Waals surface area contributed by atoms with Crippen LogP contribution in [0.4, 0.5) is 5.69 Å². The van der Waals surface area contributed by atoms with Crippen LogP contribution in [-0.2, 0) is 14.3 Å². The van der Waals surface area contributed by atoms with E-state index in [1.807, 2.05) is 6.07 Å². The molecule has 0 aromatic heterocycles. The fourth-order valence-electron chi connectivity index (χ4n) is 2.04. The van der Waals surface area contributed by atoms with Crippen LogP contribution in [0.1, 0.15) is 18.1 Å². The smallest absolute Gasteiger partial charge is 0.347 e. The van der Waals surface area contributed by atoms with Gasteiger partial charge in [-0.25, -0.2) is 4.79 Å². The Morgan fingerprint density at radius 3 is 2.58 bits per heavy atom. The van der Waals surface area contributed by atoms with Crippen molar-refractivity contribution in [3.05, 3.63) is 58.6 Å². The third kappa shape index (κ3) is 5.23. The zero-order chi connectivity index (χ0) is 19.1. The molecule has 1 N–H and O–H groups in total. The number of nitrogens with zero attached hydrogens (tertiary/aromatic N) is 1. The Morgan fingerprint density at radius 2 is 1.92 bits per heavy atom. The van der Waals surface area contributed by atoms with E-state index in [9.17, 15) is 9.59 Å². The van der Waals surface area contributed by atoms with Crippen LogP contribution in [0, 0.1) is 18.3 Å². The topological polar surface area (TPSA) is 88.4 Å². The minimum Gasteiger partial charge on any atom is -0.479 e. The molecule has 0 heterocycles. The molecule has 0 aliphatic heterocycles. The maximum Gasteiger partial charge on any atom is 0.347 e. The zero-order valence-electron chi connectivity index (χ0n) is 14.3. The summed E-state index contributed by atoms with van der Waals surface area (Å²) in [5.41, 5.74) is 1.77. The van der Waals surface area contributed by atoms with E-state index >= 15 is 0 Å². The number of anilines is 1. The van der Waals surface area contributed by atoms with Gasteiger partial charge in [-0.2, -0.15) is 5.26 Å². The molecule has 0 spiro atoms. The lowest BCUT2D eigenvalue weighted by atomic mass is 10.2. The monoisotopic (exact) mass is 372 g/mol. The number of halogens is 1. The molecule has 0 fully saturated rings. The van der Waals surface area contributed by atoms with Crippen molar-refractivity contribution in [2.24, 2.45) is 0 Å². The number of nitriles is 1. The van der Waals surface area contributed by atoms with Gasteiger partial charge in [-0.15, -0.1) is 0 Å². The first-order valence-electron chi connectivity index (χ1n) is 7.79. The van der Waals surface area contributed by atoms with Crippen molar-refractivity contribution in [3.8, 4) is 11.8 Å². The summed E-state index contributed by atoms with van der Waals surface area (Å²) >= 11 is 5.99. The van der Waals surface area contributed by atoms with Gasteiger partial charge in [-0.3, -0.25) is 4.79 Å². The molecule has 0 radical (unpaired) electrons. The summed E-state index contributed by atoms with van der Waals surface area (Å²) in [6.45, 7) is 2.85. The molecule has 2 aromatic rings. The van der Waals surface area contributed by atoms with Crippen LogP contribution in [0.3, 0.4) is 0 Å². The second kappa shape index (κ2) is 8.88. The average Bonchev–Trinajstić information content (AvgIpc) is 2.64. The van der Waals surface area contributed by atoms with Gasteiger partial charge < -0.3 is 14.8 Å². The molecule has 0 bridgehead atoms. The van der Waals surface area contributed by atoms with Crippen molar-refractivity contribution in [3.63, 3.8) is 0 Å². The Morgan fingerprint density at radius 1 is 1.23 bits per heavy atom. The average molecular weight is 373 g/mol. The number of hydrogen-bond acceptors (Lipinski definition) is 5. The quantitative estimate of drug-likeness (QED) is 0.784. The number of rotatable bonds is 6. The van der Waals surface area contributed by atoms with E-state index in [0.717, 1.165) is 5.56 Å². The molecular formula is C19H17ClN2O4. The second-order valence-corrected chi connectivity index (χ2v) is 5.87. The largest absolute Gasteiger partial charge is 0.479 e. The number of esters is 1. The second-order valence-electron chi connectivity index (χ2n) is 5.46. The highest BCUT2D eigenvalue weighted by molar-refractivity contribution is 6.31. The number of hydrogen-bond donors (Lipinski definition) is 1. The van der Waals surface area contributed by atoms with Crippen molar-refractivity contribution in [2.75, 3.05) is 11.9 Å². The summed E-state index contributed by atoms with van der Waals surface area (Å²) < 4.78 is 10.4. The first-order valence-corrected chi connectivity index (χ1v) is 8.17. The van der Waals surface area contributed by atoms with E-state index in [-0.39, 0.29) is 0 Å². The van der Waals surface area contributed by atoms with Crippen LogP contribution in [0.25, 0.3) is 0 Å². The van der Waals surface area contributed by atoms with E-state index < -0.39 is 24.6 Å². The van der Waals surface area contributed by atoms with Crippen LogP contribution in [0.5, 0.6) is 5.75 Å². The fraction of sp³-hybridized carbons (Fsp3) is 0.211. The van der Waals surface area contributed by atoms with E-state index in [4.69, 9.17) is 26.3 Å². The van der Waals surface area contributed by atoms with Gasteiger partial charge in [0, 0.05) is 10.7 Å². The Hall–Kier alpha value is -3.04. The van der Waals surface area contributed by atoms with Crippen molar-refractivity contribution < 1.29 is 19.1 Å². The molecule has 0 aliphatic carbocycles. The lowest BCUT2D eigenvalue weighted by molar-refractivity contribution is -0.153. The standard InChI is InChI=1S/C19H17ClN2O4/c1-12-16(20)4-3-5-17(12)22-18(23)11-25-19(24)13(2)26-15-8-6-14(10-21)7-9-15/h3-9,13H,11H2,1-2H3,(H,22,23)/t13-/m1/s1. The van der Waals surface area contributed by atoms with Crippen LogP contribution in [-0.4, -0.2) is 24.6 Å². The molecule has 2 rings (SSSR count). The first-order chi connectivity index (χ1) is 12.4. The highest BCUT2D eigenvalue weighted by Gasteiger charge is 2.18. The molecular weight excluding hydrogens is 356 g/mol. The number of benzene rings is 2. The molecule has 134 valence electrons. The lowest BCUT2D eigenvalue weighted by Crippen LogP contribution is -2.29. The SMILES string of the molecule is Cc1c(Cl)cccc1NC(=O)COC(=O)[C@@H](C)Oc1ccc(C#N)cc1. The summed E-state index contributed by atoms with van der Waals surface area (Å²) in [7, 11) is 0.